The maximum atomic E-state index is 13.4. The third-order valence-corrected chi connectivity index (χ3v) is 5.84. The van der Waals surface area contributed by atoms with E-state index >= 15 is 0 Å². The second kappa shape index (κ2) is 8.12. The zero-order valence-corrected chi connectivity index (χ0v) is 17.6. The summed E-state index contributed by atoms with van der Waals surface area (Å²) >= 11 is 0.878. The first-order chi connectivity index (χ1) is 15.3. The summed E-state index contributed by atoms with van der Waals surface area (Å²) in [5.41, 5.74) is -0.429. The molecule has 0 spiro atoms. The minimum Gasteiger partial charge on any atom is -0.465 e. The molecule has 0 saturated carbocycles. The molecule has 0 aliphatic rings. The average molecular weight is 460 g/mol. The number of carbonyl (C=O) groups excluding carboxylic acids is 2. The van der Waals surface area contributed by atoms with Crippen LogP contribution >= 0.6 is 11.3 Å². The van der Waals surface area contributed by atoms with Crippen LogP contribution in [0.2, 0.25) is 0 Å². The van der Waals surface area contributed by atoms with Gasteiger partial charge in [-0.3, -0.25) is 0 Å². The molecule has 2 aromatic heterocycles. The summed E-state index contributed by atoms with van der Waals surface area (Å²) in [6.07, 6.45) is -4.54. The van der Waals surface area contributed by atoms with Gasteiger partial charge in [-0.05, 0) is 12.1 Å². The van der Waals surface area contributed by atoms with Gasteiger partial charge in [-0.25, -0.2) is 14.3 Å². The molecule has 4 rings (SSSR count). The minimum atomic E-state index is -4.54. The number of rotatable bonds is 4. The van der Waals surface area contributed by atoms with E-state index in [9.17, 15) is 22.8 Å². The van der Waals surface area contributed by atoms with Crippen molar-refractivity contribution >= 4 is 33.4 Å². The predicted octanol–water partition coefficient (Wildman–Crippen LogP) is 5.35. The molecule has 164 valence electrons. The zero-order chi connectivity index (χ0) is 23.0. The number of esters is 2. The van der Waals surface area contributed by atoms with Crippen LogP contribution in [-0.4, -0.2) is 35.9 Å². The highest BCUT2D eigenvalue weighted by Crippen LogP contribution is 2.43. The summed E-state index contributed by atoms with van der Waals surface area (Å²) in [5, 5.41) is 5.44. The number of methoxy groups -OCH3 is 2. The SMILES string of the molecule is COC(=O)c1c(-c2cccc3c(C(F)(F)F)csc23)nn(-c2ccccc2)c1C(=O)OC. The molecule has 0 aliphatic heterocycles. The molecule has 0 saturated heterocycles. The standard InChI is InChI=1S/C22H15F3N2O4S/c1-30-20(28)16-17(14-10-6-9-13-15(22(23,24)25)11-32-19(13)14)26-27(18(16)21(29)31-2)12-7-4-3-5-8-12/h3-11H,1-2H3. The Hall–Kier alpha value is -3.66. The van der Waals surface area contributed by atoms with E-state index in [4.69, 9.17) is 9.47 Å². The third kappa shape index (κ3) is 3.52. The number of hydrogen-bond donors (Lipinski definition) is 0. The Labute approximate surface area is 183 Å². The Morgan fingerprint density at radius 3 is 2.28 bits per heavy atom. The molecule has 2 heterocycles. The molecule has 0 N–H and O–H groups in total. The van der Waals surface area contributed by atoms with Crippen molar-refractivity contribution in [2.75, 3.05) is 14.2 Å². The fourth-order valence-corrected chi connectivity index (χ4v) is 4.50. The van der Waals surface area contributed by atoms with Crippen LogP contribution < -0.4 is 0 Å². The molecule has 0 bridgehead atoms. The van der Waals surface area contributed by atoms with Crippen LogP contribution in [0.3, 0.4) is 0 Å². The van der Waals surface area contributed by atoms with Crippen LogP contribution in [0.5, 0.6) is 0 Å². The van der Waals surface area contributed by atoms with Crippen molar-refractivity contribution in [2.24, 2.45) is 0 Å². The molecule has 0 fully saturated rings. The van der Waals surface area contributed by atoms with Gasteiger partial charge in [0.2, 0.25) is 0 Å². The van der Waals surface area contributed by atoms with Crippen molar-refractivity contribution in [3.63, 3.8) is 0 Å². The number of hydrogen-bond acceptors (Lipinski definition) is 6. The van der Waals surface area contributed by atoms with Crippen LogP contribution in [0, 0.1) is 0 Å². The van der Waals surface area contributed by atoms with E-state index in [0.717, 1.165) is 30.9 Å². The number of halogens is 3. The lowest BCUT2D eigenvalue weighted by Crippen LogP contribution is -2.15. The van der Waals surface area contributed by atoms with Crippen LogP contribution in [-0.2, 0) is 15.7 Å². The summed E-state index contributed by atoms with van der Waals surface area (Å²) in [7, 11) is 2.29. The van der Waals surface area contributed by atoms with E-state index in [-0.39, 0.29) is 32.6 Å². The van der Waals surface area contributed by atoms with Gasteiger partial charge in [-0.1, -0.05) is 36.4 Å². The monoisotopic (exact) mass is 460 g/mol. The number of para-hydroxylation sites is 1. The molecular weight excluding hydrogens is 445 g/mol. The number of alkyl halides is 3. The van der Waals surface area contributed by atoms with Gasteiger partial charge in [0.25, 0.3) is 0 Å². The minimum absolute atomic E-state index is 0.0160. The summed E-state index contributed by atoms with van der Waals surface area (Å²) < 4.78 is 51.6. The Morgan fingerprint density at radius 2 is 1.66 bits per heavy atom. The van der Waals surface area contributed by atoms with E-state index in [1.165, 1.54) is 16.8 Å². The van der Waals surface area contributed by atoms with E-state index in [0.29, 0.717) is 5.69 Å². The van der Waals surface area contributed by atoms with Crippen molar-refractivity contribution in [3.05, 3.63) is 70.7 Å². The predicted molar refractivity (Wildman–Crippen MR) is 112 cm³/mol. The van der Waals surface area contributed by atoms with Gasteiger partial charge in [0, 0.05) is 21.0 Å². The first kappa shape index (κ1) is 21.6. The largest absolute Gasteiger partial charge is 0.465 e. The van der Waals surface area contributed by atoms with Crippen LogP contribution in [0.1, 0.15) is 26.4 Å². The zero-order valence-electron chi connectivity index (χ0n) is 16.8. The summed E-state index contributed by atoms with van der Waals surface area (Å²) in [4.78, 5) is 25.4. The van der Waals surface area contributed by atoms with Gasteiger partial charge in [0.05, 0.1) is 25.5 Å². The summed E-state index contributed by atoms with van der Waals surface area (Å²) in [6, 6.07) is 12.9. The molecule has 2 aromatic carbocycles. The fraction of sp³-hybridized carbons (Fsp3) is 0.136. The molecule has 0 atom stereocenters. The van der Waals surface area contributed by atoms with Gasteiger partial charge < -0.3 is 9.47 Å². The maximum absolute atomic E-state index is 13.4. The van der Waals surface area contributed by atoms with Crippen molar-refractivity contribution < 1.29 is 32.2 Å². The third-order valence-electron chi connectivity index (χ3n) is 4.81. The highest BCUT2D eigenvalue weighted by atomic mass is 32.1. The van der Waals surface area contributed by atoms with Gasteiger partial charge in [-0.15, -0.1) is 11.3 Å². The molecule has 6 nitrogen and oxygen atoms in total. The lowest BCUT2D eigenvalue weighted by atomic mass is 10.0. The molecular formula is C22H15F3N2O4S. The molecule has 0 aliphatic carbocycles. The number of benzene rings is 2. The van der Waals surface area contributed by atoms with Crippen LogP contribution in [0.15, 0.2) is 53.9 Å². The number of aromatic nitrogens is 2. The van der Waals surface area contributed by atoms with Gasteiger partial charge in [-0.2, -0.15) is 18.3 Å². The molecule has 10 heteroatoms. The first-order valence-corrected chi connectivity index (χ1v) is 10.1. The van der Waals surface area contributed by atoms with Gasteiger partial charge >= 0.3 is 18.1 Å². The van der Waals surface area contributed by atoms with Crippen molar-refractivity contribution in [2.45, 2.75) is 6.18 Å². The smallest absolute Gasteiger partial charge is 0.417 e. The topological polar surface area (TPSA) is 70.4 Å². The van der Waals surface area contributed by atoms with Crippen LogP contribution in [0.25, 0.3) is 27.0 Å². The van der Waals surface area contributed by atoms with Crippen molar-refractivity contribution in [1.82, 2.24) is 9.78 Å². The maximum Gasteiger partial charge on any atom is 0.417 e. The number of fused-ring (bicyclic) bond motifs is 1. The lowest BCUT2D eigenvalue weighted by Gasteiger charge is -2.07. The Morgan fingerprint density at radius 1 is 0.969 bits per heavy atom. The quantitative estimate of drug-likeness (QED) is 0.384. The molecule has 0 radical (unpaired) electrons. The van der Waals surface area contributed by atoms with E-state index < -0.39 is 23.7 Å². The van der Waals surface area contributed by atoms with Crippen molar-refractivity contribution in [1.29, 1.82) is 0 Å². The highest BCUT2D eigenvalue weighted by Gasteiger charge is 2.36. The molecule has 4 aromatic rings. The van der Waals surface area contributed by atoms with Gasteiger partial charge in [0.15, 0.2) is 5.69 Å². The summed E-state index contributed by atoms with van der Waals surface area (Å²) in [6.45, 7) is 0. The number of carbonyl (C=O) groups is 2. The molecule has 0 amide bonds. The van der Waals surface area contributed by atoms with E-state index in [1.54, 1.807) is 36.4 Å². The lowest BCUT2D eigenvalue weighted by molar-refractivity contribution is -0.136. The number of thiophene rings is 1. The first-order valence-electron chi connectivity index (χ1n) is 9.20. The molecule has 32 heavy (non-hydrogen) atoms. The number of nitrogens with zero attached hydrogens (tertiary/aromatic N) is 2. The highest BCUT2D eigenvalue weighted by molar-refractivity contribution is 7.18. The fourth-order valence-electron chi connectivity index (χ4n) is 3.41. The average Bonchev–Trinajstić information content (AvgIpc) is 3.40. The van der Waals surface area contributed by atoms with Crippen LogP contribution in [0.4, 0.5) is 13.2 Å². The normalized spacial score (nSPS) is 11.5. The Kier molecular flexibility index (Phi) is 5.47. The second-order valence-corrected chi connectivity index (χ2v) is 7.51. The van der Waals surface area contributed by atoms with Crippen molar-refractivity contribution in [3.8, 4) is 16.9 Å². The Bertz CT molecular complexity index is 1330. The van der Waals surface area contributed by atoms with E-state index in [2.05, 4.69) is 5.10 Å². The van der Waals surface area contributed by atoms with Gasteiger partial charge in [0.1, 0.15) is 11.3 Å². The molecule has 0 unspecified atom stereocenters. The Balaban J connectivity index is 2.08. The second-order valence-electron chi connectivity index (χ2n) is 6.63. The number of ether oxygens (including phenoxy) is 2. The van der Waals surface area contributed by atoms with E-state index in [1.807, 2.05) is 0 Å². The summed E-state index contributed by atoms with van der Waals surface area (Å²) in [5.74, 6) is -1.71.